The molecule has 1 heterocycles. The first-order chi connectivity index (χ1) is 17.2. The van der Waals surface area contributed by atoms with Gasteiger partial charge >= 0.3 is 11.9 Å². The van der Waals surface area contributed by atoms with Gasteiger partial charge in [0, 0.05) is 29.2 Å². The molecule has 2 unspecified atom stereocenters. The fourth-order valence-electron chi connectivity index (χ4n) is 4.01. The second-order valence-electron chi connectivity index (χ2n) is 7.87. The molecule has 3 rings (SSSR count). The molecule has 10 nitrogen and oxygen atoms in total. The quantitative estimate of drug-likeness (QED) is 0.148. The summed E-state index contributed by atoms with van der Waals surface area (Å²) in [6, 6.07) is 13.0. The number of thioether (sulfide) groups is 1. The minimum atomic E-state index is -0.962. The first kappa shape index (κ1) is 26.6. The fourth-order valence-corrected chi connectivity index (χ4v) is 4.68. The van der Waals surface area contributed by atoms with Gasteiger partial charge in [0.15, 0.2) is 0 Å². The van der Waals surface area contributed by atoms with Crippen LogP contribution in [0.25, 0.3) is 0 Å². The van der Waals surface area contributed by atoms with E-state index in [0.717, 1.165) is 5.69 Å². The summed E-state index contributed by atoms with van der Waals surface area (Å²) in [5.74, 6) is -2.27. The molecular formula is C25H28N4O6S. The Kier molecular flexibility index (Phi) is 8.59. The topological polar surface area (TPSA) is 146 Å². The van der Waals surface area contributed by atoms with Crippen LogP contribution in [0.5, 0.6) is 0 Å². The Morgan fingerprint density at radius 2 is 1.89 bits per heavy atom. The number of methoxy groups -OCH3 is 1. The van der Waals surface area contributed by atoms with Gasteiger partial charge in [-0.25, -0.2) is 9.59 Å². The average molecular weight is 513 g/mol. The van der Waals surface area contributed by atoms with E-state index in [4.69, 9.17) is 15.2 Å². The van der Waals surface area contributed by atoms with Gasteiger partial charge in [0.25, 0.3) is 5.69 Å². The maximum atomic E-state index is 13.4. The molecule has 2 aromatic carbocycles. The Bertz CT molecular complexity index is 1230. The van der Waals surface area contributed by atoms with Gasteiger partial charge in [0.1, 0.15) is 5.37 Å². The van der Waals surface area contributed by atoms with Gasteiger partial charge in [-0.1, -0.05) is 12.1 Å². The summed E-state index contributed by atoms with van der Waals surface area (Å²) < 4.78 is 10.4. The van der Waals surface area contributed by atoms with Crippen molar-refractivity contribution in [3.8, 4) is 0 Å². The van der Waals surface area contributed by atoms with Crippen LogP contribution in [0.3, 0.4) is 0 Å². The van der Waals surface area contributed by atoms with Gasteiger partial charge in [0.2, 0.25) is 0 Å². The number of hydrogen-bond acceptors (Lipinski definition) is 10. The standard InChI is InChI=1S/C25H28N4O6S/c1-5-35-25(31)21-20(15-7-6-8-18(13-15)29(32)33)19(24(30)34-3)14(2)27-22(21)23(36-4)28-17-11-9-16(26)10-12-17/h6-13,20,23,27-28H,5,26H2,1-4H3. The SMILES string of the molecule is CCOC(=O)C1=C(C(Nc2ccc(N)cc2)SC)NC(C)=C(C(=O)OC)C1c1cccc([N+](=O)[O-])c1. The van der Waals surface area contributed by atoms with E-state index in [1.165, 1.54) is 37.1 Å². The first-order valence-corrected chi connectivity index (χ1v) is 12.4. The molecule has 2 aromatic rings. The highest BCUT2D eigenvalue weighted by Gasteiger charge is 2.41. The fraction of sp³-hybridized carbons (Fsp3) is 0.280. The van der Waals surface area contributed by atoms with Crippen molar-refractivity contribution in [3.05, 3.63) is 86.7 Å². The zero-order chi connectivity index (χ0) is 26.4. The number of nitrogens with two attached hydrogens (primary N) is 1. The number of nitro benzene ring substituents is 1. The number of carbonyl (C=O) groups is 2. The molecule has 2 atom stereocenters. The van der Waals surface area contributed by atoms with Crippen LogP contribution >= 0.6 is 11.8 Å². The van der Waals surface area contributed by atoms with Crippen molar-refractivity contribution >= 4 is 40.8 Å². The van der Waals surface area contributed by atoms with E-state index in [2.05, 4.69) is 10.6 Å². The molecule has 0 spiro atoms. The number of nitrogens with zero attached hydrogens (tertiary/aromatic N) is 1. The van der Waals surface area contributed by atoms with Crippen LogP contribution in [0.1, 0.15) is 25.3 Å². The third kappa shape index (κ3) is 5.62. The molecule has 1 aliphatic heterocycles. The van der Waals surface area contributed by atoms with Crippen molar-refractivity contribution < 1.29 is 24.0 Å². The van der Waals surface area contributed by atoms with E-state index < -0.39 is 28.2 Å². The highest BCUT2D eigenvalue weighted by atomic mass is 32.2. The number of benzene rings is 2. The van der Waals surface area contributed by atoms with Crippen LogP contribution < -0.4 is 16.4 Å². The largest absolute Gasteiger partial charge is 0.466 e. The summed E-state index contributed by atoms with van der Waals surface area (Å²) in [5, 5.41) is 17.6. The predicted molar refractivity (Wildman–Crippen MR) is 139 cm³/mol. The Balaban J connectivity index is 2.25. The number of carbonyl (C=O) groups excluding carboxylic acids is 2. The molecular weight excluding hydrogens is 484 g/mol. The van der Waals surface area contributed by atoms with Crippen molar-refractivity contribution in [3.63, 3.8) is 0 Å². The number of nitrogens with one attached hydrogen (secondary N) is 2. The molecule has 0 saturated heterocycles. The van der Waals surface area contributed by atoms with Crippen molar-refractivity contribution in [1.29, 1.82) is 0 Å². The highest BCUT2D eigenvalue weighted by molar-refractivity contribution is 7.99. The number of non-ortho nitro benzene ring substituents is 1. The van der Waals surface area contributed by atoms with E-state index >= 15 is 0 Å². The van der Waals surface area contributed by atoms with Crippen LogP contribution in [0.4, 0.5) is 17.1 Å². The molecule has 0 aromatic heterocycles. The van der Waals surface area contributed by atoms with E-state index in [1.807, 2.05) is 18.4 Å². The van der Waals surface area contributed by atoms with Crippen molar-refractivity contribution in [2.45, 2.75) is 25.1 Å². The molecule has 0 aliphatic carbocycles. The monoisotopic (exact) mass is 512 g/mol. The summed E-state index contributed by atoms with van der Waals surface area (Å²) in [4.78, 5) is 37.3. The van der Waals surface area contributed by atoms with Crippen molar-refractivity contribution in [1.82, 2.24) is 5.32 Å². The maximum absolute atomic E-state index is 13.4. The van der Waals surface area contributed by atoms with E-state index in [1.54, 1.807) is 32.0 Å². The molecule has 0 fully saturated rings. The Morgan fingerprint density at radius 3 is 2.47 bits per heavy atom. The van der Waals surface area contributed by atoms with Gasteiger partial charge in [-0.15, -0.1) is 11.8 Å². The third-order valence-electron chi connectivity index (χ3n) is 5.62. The van der Waals surface area contributed by atoms with Gasteiger partial charge < -0.3 is 25.8 Å². The lowest BCUT2D eigenvalue weighted by Gasteiger charge is -2.34. The van der Waals surface area contributed by atoms with Crippen LogP contribution in [0, 0.1) is 10.1 Å². The van der Waals surface area contributed by atoms with Crippen LogP contribution in [-0.2, 0) is 19.1 Å². The smallest absolute Gasteiger partial charge is 0.336 e. The third-order valence-corrected chi connectivity index (χ3v) is 6.44. The lowest BCUT2D eigenvalue weighted by atomic mass is 9.80. The number of allylic oxidation sites excluding steroid dienone is 1. The second-order valence-corrected chi connectivity index (χ2v) is 8.81. The molecule has 0 radical (unpaired) electrons. The minimum absolute atomic E-state index is 0.100. The van der Waals surface area contributed by atoms with Gasteiger partial charge in [0.05, 0.1) is 41.4 Å². The summed E-state index contributed by atoms with van der Waals surface area (Å²) in [6.45, 7) is 3.47. The number of ether oxygens (including phenoxy) is 2. The van der Waals surface area contributed by atoms with Gasteiger partial charge in [-0.05, 0) is 49.9 Å². The lowest BCUT2D eigenvalue weighted by molar-refractivity contribution is -0.384. The zero-order valence-electron chi connectivity index (χ0n) is 20.4. The van der Waals surface area contributed by atoms with Crippen LogP contribution in [-0.4, -0.2) is 42.2 Å². The molecule has 0 saturated carbocycles. The zero-order valence-corrected chi connectivity index (χ0v) is 21.2. The first-order valence-electron chi connectivity index (χ1n) is 11.1. The van der Waals surface area contributed by atoms with E-state index in [0.29, 0.717) is 22.6 Å². The summed E-state index contributed by atoms with van der Waals surface area (Å²) >= 11 is 1.42. The minimum Gasteiger partial charge on any atom is -0.466 e. The van der Waals surface area contributed by atoms with Gasteiger partial charge in [-0.2, -0.15) is 0 Å². The number of dihydropyridines is 1. The summed E-state index contributed by atoms with van der Waals surface area (Å²) in [5.41, 5.74) is 8.64. The number of nitrogen functional groups attached to an aromatic ring is 1. The molecule has 0 amide bonds. The number of hydrogen-bond donors (Lipinski definition) is 3. The predicted octanol–water partition coefficient (Wildman–Crippen LogP) is 3.93. The molecule has 11 heteroatoms. The van der Waals surface area contributed by atoms with Crippen LogP contribution in [0.15, 0.2) is 71.1 Å². The van der Waals surface area contributed by atoms with Crippen molar-refractivity contribution in [2.24, 2.45) is 0 Å². The molecule has 4 N–H and O–H groups in total. The van der Waals surface area contributed by atoms with E-state index in [9.17, 15) is 19.7 Å². The second kappa shape index (κ2) is 11.6. The number of anilines is 2. The number of rotatable bonds is 9. The Labute approximate surface area is 213 Å². The number of nitro groups is 1. The average Bonchev–Trinajstić information content (AvgIpc) is 2.87. The highest BCUT2D eigenvalue weighted by Crippen LogP contribution is 2.42. The molecule has 0 bridgehead atoms. The molecule has 36 heavy (non-hydrogen) atoms. The molecule has 1 aliphatic rings. The lowest BCUT2D eigenvalue weighted by Crippen LogP contribution is -2.38. The van der Waals surface area contributed by atoms with Crippen LogP contribution in [0.2, 0.25) is 0 Å². The Morgan fingerprint density at radius 1 is 1.19 bits per heavy atom. The summed E-state index contributed by atoms with van der Waals surface area (Å²) in [7, 11) is 1.24. The van der Waals surface area contributed by atoms with Crippen molar-refractivity contribution in [2.75, 3.05) is 31.0 Å². The summed E-state index contributed by atoms with van der Waals surface area (Å²) in [6.07, 6.45) is 1.86. The maximum Gasteiger partial charge on any atom is 0.336 e. The normalized spacial score (nSPS) is 16.2. The van der Waals surface area contributed by atoms with Gasteiger partial charge in [-0.3, -0.25) is 10.1 Å². The van der Waals surface area contributed by atoms with E-state index in [-0.39, 0.29) is 23.4 Å². The number of esters is 2. The molecule has 190 valence electrons. The Hall–Kier alpha value is -3.99.